The number of rotatable bonds is 8. The fraction of sp³-hybridized carbons (Fsp3) is 0.458. The molecule has 0 bridgehead atoms. The van der Waals surface area contributed by atoms with Gasteiger partial charge in [0.25, 0.3) is 0 Å². The quantitative estimate of drug-likeness (QED) is 0.536. The highest BCUT2D eigenvalue weighted by molar-refractivity contribution is 5.79. The van der Waals surface area contributed by atoms with E-state index in [-0.39, 0.29) is 11.9 Å². The molecule has 0 spiro atoms. The second kappa shape index (κ2) is 8.53. The predicted molar refractivity (Wildman–Crippen MR) is 107 cm³/mol. The van der Waals surface area contributed by atoms with E-state index in [4.69, 9.17) is 4.74 Å². The monoisotopic (exact) mass is 350 g/mol. The highest BCUT2D eigenvalue weighted by Crippen LogP contribution is 2.45. The normalized spacial score (nSPS) is 16.0. The van der Waals surface area contributed by atoms with Crippen molar-refractivity contribution in [3.8, 4) is 11.1 Å². The van der Waals surface area contributed by atoms with E-state index in [2.05, 4.69) is 56.3 Å². The molecule has 0 amide bonds. The molecule has 2 nitrogen and oxygen atoms in total. The van der Waals surface area contributed by atoms with E-state index in [0.29, 0.717) is 6.61 Å². The maximum Gasteiger partial charge on any atom is 0.302 e. The Morgan fingerprint density at radius 3 is 2.58 bits per heavy atom. The van der Waals surface area contributed by atoms with Crippen LogP contribution in [0.25, 0.3) is 11.1 Å². The van der Waals surface area contributed by atoms with Crippen LogP contribution in [0.5, 0.6) is 0 Å². The minimum absolute atomic E-state index is 0.153. The van der Waals surface area contributed by atoms with Crippen LogP contribution in [0.1, 0.15) is 69.1 Å². The Labute approximate surface area is 157 Å². The second-order valence-corrected chi connectivity index (χ2v) is 7.48. The van der Waals surface area contributed by atoms with Crippen LogP contribution in [0.3, 0.4) is 0 Å². The summed E-state index contributed by atoms with van der Waals surface area (Å²) in [5, 5.41) is 0. The van der Waals surface area contributed by atoms with Crippen molar-refractivity contribution in [3.63, 3.8) is 0 Å². The average molecular weight is 351 g/mol. The van der Waals surface area contributed by atoms with Crippen molar-refractivity contribution in [2.75, 3.05) is 6.61 Å². The lowest BCUT2D eigenvalue weighted by molar-refractivity contribution is -0.141. The fourth-order valence-corrected chi connectivity index (χ4v) is 4.14. The van der Waals surface area contributed by atoms with Gasteiger partial charge in [-0.05, 0) is 40.2 Å². The number of hydrogen-bond donors (Lipinski definition) is 0. The van der Waals surface area contributed by atoms with E-state index in [1.165, 1.54) is 60.4 Å². The van der Waals surface area contributed by atoms with Crippen molar-refractivity contribution < 1.29 is 9.53 Å². The van der Waals surface area contributed by atoms with Gasteiger partial charge in [0.1, 0.15) is 6.61 Å². The summed E-state index contributed by atoms with van der Waals surface area (Å²) in [6.45, 7) is 6.47. The Morgan fingerprint density at radius 2 is 1.85 bits per heavy atom. The Morgan fingerprint density at radius 1 is 1.08 bits per heavy atom. The summed E-state index contributed by atoms with van der Waals surface area (Å²) < 4.78 is 5.40. The highest BCUT2D eigenvalue weighted by atomic mass is 16.5. The van der Waals surface area contributed by atoms with E-state index in [0.717, 1.165) is 12.3 Å². The maximum absolute atomic E-state index is 11.4. The molecule has 0 aliphatic heterocycles. The number of benzene rings is 2. The molecule has 26 heavy (non-hydrogen) atoms. The Bertz CT molecular complexity index is 763. The van der Waals surface area contributed by atoms with Gasteiger partial charge in [-0.1, -0.05) is 82.0 Å². The third-order valence-electron chi connectivity index (χ3n) is 5.64. The van der Waals surface area contributed by atoms with Crippen LogP contribution in [0.15, 0.2) is 42.5 Å². The van der Waals surface area contributed by atoms with Gasteiger partial charge < -0.3 is 4.74 Å². The van der Waals surface area contributed by atoms with Crippen LogP contribution >= 0.6 is 0 Å². The zero-order chi connectivity index (χ0) is 18.5. The number of carbonyl (C=O) groups excluding carboxylic acids is 1. The molecule has 0 radical (unpaired) electrons. The highest BCUT2D eigenvalue weighted by Gasteiger charge is 2.29. The first-order chi connectivity index (χ1) is 12.6. The van der Waals surface area contributed by atoms with E-state index < -0.39 is 0 Å². The number of ether oxygens (including phenoxy) is 1. The second-order valence-electron chi connectivity index (χ2n) is 7.48. The van der Waals surface area contributed by atoms with E-state index in [1.54, 1.807) is 0 Å². The molecule has 138 valence electrons. The molecule has 3 rings (SSSR count). The molecular weight excluding hydrogens is 320 g/mol. The Balaban J connectivity index is 1.88. The van der Waals surface area contributed by atoms with Crippen molar-refractivity contribution in [3.05, 3.63) is 59.2 Å². The summed E-state index contributed by atoms with van der Waals surface area (Å²) in [5.74, 6) is 0.696. The van der Waals surface area contributed by atoms with E-state index >= 15 is 0 Å². The van der Waals surface area contributed by atoms with Gasteiger partial charge in [-0.15, -0.1) is 0 Å². The third-order valence-corrected chi connectivity index (χ3v) is 5.64. The Hall–Kier alpha value is -2.09. The Kier molecular flexibility index (Phi) is 6.13. The van der Waals surface area contributed by atoms with Gasteiger partial charge >= 0.3 is 5.97 Å². The average Bonchev–Trinajstić information content (AvgIpc) is 2.96. The zero-order valence-corrected chi connectivity index (χ0v) is 16.3. The van der Waals surface area contributed by atoms with Gasteiger partial charge in [0.05, 0.1) is 0 Å². The maximum atomic E-state index is 11.4. The summed E-state index contributed by atoms with van der Waals surface area (Å²) in [6, 6.07) is 15.4. The van der Waals surface area contributed by atoms with Crippen LogP contribution in [-0.4, -0.2) is 12.6 Å². The van der Waals surface area contributed by atoms with Gasteiger partial charge in [0, 0.05) is 12.8 Å². The lowest BCUT2D eigenvalue weighted by atomic mass is 9.89. The van der Waals surface area contributed by atoms with Gasteiger partial charge in [-0.2, -0.15) is 0 Å². The number of esters is 1. The molecule has 2 heteroatoms. The van der Waals surface area contributed by atoms with Gasteiger partial charge in [-0.25, -0.2) is 0 Å². The third kappa shape index (κ3) is 4.00. The number of unbranched alkanes of at least 4 members (excludes halogenated alkanes) is 1. The van der Waals surface area contributed by atoms with E-state index in [1.807, 2.05) is 0 Å². The van der Waals surface area contributed by atoms with Crippen molar-refractivity contribution in [2.45, 2.75) is 58.8 Å². The molecule has 0 saturated carbocycles. The predicted octanol–water partition coefficient (Wildman–Crippen LogP) is 6.12. The largest absolute Gasteiger partial charge is 0.465 e. The van der Waals surface area contributed by atoms with Crippen LogP contribution in [0.2, 0.25) is 0 Å². The molecule has 0 heterocycles. The summed E-state index contributed by atoms with van der Waals surface area (Å²) in [4.78, 5) is 11.4. The zero-order valence-electron chi connectivity index (χ0n) is 16.3. The lowest BCUT2D eigenvalue weighted by Crippen LogP contribution is -2.10. The number of hydrogen-bond acceptors (Lipinski definition) is 2. The van der Waals surface area contributed by atoms with Gasteiger partial charge in [0.15, 0.2) is 0 Å². The molecule has 0 aromatic heterocycles. The van der Waals surface area contributed by atoms with Crippen molar-refractivity contribution in [2.24, 2.45) is 5.92 Å². The molecule has 0 N–H and O–H groups in total. The molecule has 2 aromatic rings. The smallest absolute Gasteiger partial charge is 0.302 e. The first-order valence-corrected chi connectivity index (χ1v) is 9.99. The molecule has 2 unspecified atom stereocenters. The van der Waals surface area contributed by atoms with Gasteiger partial charge in [0.2, 0.25) is 0 Å². The minimum Gasteiger partial charge on any atom is -0.465 e. The number of carbonyl (C=O) groups is 1. The van der Waals surface area contributed by atoms with Crippen LogP contribution in [0.4, 0.5) is 0 Å². The van der Waals surface area contributed by atoms with Crippen LogP contribution < -0.4 is 0 Å². The van der Waals surface area contributed by atoms with Gasteiger partial charge in [-0.3, -0.25) is 4.79 Å². The molecule has 2 aromatic carbocycles. The van der Waals surface area contributed by atoms with Crippen LogP contribution in [-0.2, 0) is 16.0 Å². The summed E-state index contributed by atoms with van der Waals surface area (Å²) in [7, 11) is 0. The summed E-state index contributed by atoms with van der Waals surface area (Å²) in [5.41, 5.74) is 6.58. The lowest BCUT2D eigenvalue weighted by Gasteiger charge is -2.17. The summed E-state index contributed by atoms with van der Waals surface area (Å²) >= 11 is 0. The standard InChI is InChI=1S/C24H30O2/c1-4-6-9-18(5-2)14-19-12-13-22-20-10-7-8-11-21(20)24(23(22)15-19)16-26-17(3)25/h7-8,10-13,15,18,24H,4-6,9,14,16H2,1-3H3. The van der Waals surface area contributed by atoms with Crippen molar-refractivity contribution in [1.29, 1.82) is 0 Å². The fourth-order valence-electron chi connectivity index (χ4n) is 4.14. The molecule has 1 aliphatic carbocycles. The van der Waals surface area contributed by atoms with Crippen molar-refractivity contribution >= 4 is 5.97 Å². The molecular formula is C24H30O2. The first-order valence-electron chi connectivity index (χ1n) is 9.99. The van der Waals surface area contributed by atoms with Crippen molar-refractivity contribution in [1.82, 2.24) is 0 Å². The summed E-state index contributed by atoms with van der Waals surface area (Å²) in [6.07, 6.45) is 6.25. The first kappa shape index (κ1) is 18.7. The van der Waals surface area contributed by atoms with E-state index in [9.17, 15) is 4.79 Å². The number of fused-ring (bicyclic) bond motifs is 3. The van der Waals surface area contributed by atoms with Crippen LogP contribution in [0, 0.1) is 5.92 Å². The minimum atomic E-state index is -0.210. The molecule has 2 atom stereocenters. The SMILES string of the molecule is CCCCC(CC)Cc1ccc2c(c1)C(COC(C)=O)c1ccccc1-2. The molecule has 1 aliphatic rings. The molecule has 0 saturated heterocycles. The topological polar surface area (TPSA) is 26.3 Å². The molecule has 0 fully saturated rings.